The molecule has 0 fully saturated rings. The summed E-state index contributed by atoms with van der Waals surface area (Å²) in [7, 11) is 0. The first kappa shape index (κ1) is 15.7. The minimum Gasteiger partial charge on any atom is -0.491 e. The van der Waals surface area contributed by atoms with Crippen molar-refractivity contribution in [3.63, 3.8) is 0 Å². The molecular formula is C16H25NO2. The van der Waals surface area contributed by atoms with Gasteiger partial charge in [-0.15, -0.1) is 0 Å². The monoisotopic (exact) mass is 263 g/mol. The van der Waals surface area contributed by atoms with Crippen LogP contribution in [0.5, 0.6) is 5.75 Å². The van der Waals surface area contributed by atoms with Gasteiger partial charge >= 0.3 is 0 Å². The molecule has 1 aromatic carbocycles. The van der Waals surface area contributed by atoms with Gasteiger partial charge < -0.3 is 14.8 Å². The van der Waals surface area contributed by atoms with Crippen LogP contribution in [0.3, 0.4) is 0 Å². The van der Waals surface area contributed by atoms with E-state index in [-0.39, 0.29) is 11.9 Å². The first-order valence-electron chi connectivity index (χ1n) is 7.03. The summed E-state index contributed by atoms with van der Waals surface area (Å²) in [5, 5.41) is 3.35. The number of carbonyl (C=O) groups excluding carboxylic acids is 1. The molecule has 3 nitrogen and oxygen atoms in total. The van der Waals surface area contributed by atoms with Crippen molar-refractivity contribution in [1.82, 2.24) is 5.32 Å². The number of nitrogens with one attached hydrogen (secondary N) is 1. The van der Waals surface area contributed by atoms with Crippen LogP contribution in [0.4, 0.5) is 0 Å². The summed E-state index contributed by atoms with van der Waals surface area (Å²) in [5.74, 6) is 1.19. The third-order valence-electron chi connectivity index (χ3n) is 2.77. The third kappa shape index (κ3) is 7.62. The van der Waals surface area contributed by atoms with Crippen molar-refractivity contribution in [2.45, 2.75) is 46.1 Å². The predicted molar refractivity (Wildman–Crippen MR) is 78.7 cm³/mol. The molecule has 0 spiro atoms. The lowest BCUT2D eigenvalue weighted by molar-refractivity contribution is -0.117. The Morgan fingerprint density at radius 3 is 2.47 bits per heavy atom. The third-order valence-corrected chi connectivity index (χ3v) is 2.77. The summed E-state index contributed by atoms with van der Waals surface area (Å²) >= 11 is 0. The quantitative estimate of drug-likeness (QED) is 0.696. The highest BCUT2D eigenvalue weighted by Gasteiger charge is 1.98. The fourth-order valence-corrected chi connectivity index (χ4v) is 1.83. The first-order valence-corrected chi connectivity index (χ1v) is 7.03. The van der Waals surface area contributed by atoms with Crippen molar-refractivity contribution in [2.24, 2.45) is 0 Å². The molecule has 0 saturated carbocycles. The molecule has 0 aliphatic carbocycles. The van der Waals surface area contributed by atoms with Crippen LogP contribution in [0.15, 0.2) is 24.3 Å². The van der Waals surface area contributed by atoms with Gasteiger partial charge in [0.1, 0.15) is 11.5 Å². The number of hydrogen-bond acceptors (Lipinski definition) is 3. The number of ether oxygens (including phenoxy) is 1. The second kappa shape index (κ2) is 8.70. The fraction of sp³-hybridized carbons (Fsp3) is 0.562. The van der Waals surface area contributed by atoms with Crippen LogP contribution >= 0.6 is 0 Å². The van der Waals surface area contributed by atoms with Crippen LogP contribution in [0.2, 0.25) is 0 Å². The Kier molecular flexibility index (Phi) is 7.19. The van der Waals surface area contributed by atoms with E-state index in [0.717, 1.165) is 31.7 Å². The van der Waals surface area contributed by atoms with Crippen LogP contribution in [0.1, 0.15) is 39.2 Å². The van der Waals surface area contributed by atoms with Crippen molar-refractivity contribution >= 4 is 5.78 Å². The number of Topliss-reactive ketones (excluding diaryl/α,β-unsaturated/α-hetero) is 1. The summed E-state index contributed by atoms with van der Waals surface area (Å²) in [5.41, 5.74) is 1.30. The molecule has 0 radical (unpaired) electrons. The summed E-state index contributed by atoms with van der Waals surface area (Å²) < 4.78 is 5.60. The molecule has 3 heteroatoms. The highest BCUT2D eigenvalue weighted by atomic mass is 16.5. The van der Waals surface area contributed by atoms with E-state index in [1.54, 1.807) is 6.92 Å². The van der Waals surface area contributed by atoms with E-state index < -0.39 is 0 Å². The van der Waals surface area contributed by atoms with Crippen LogP contribution in [0, 0.1) is 0 Å². The molecule has 0 aliphatic heterocycles. The molecule has 0 aliphatic rings. The topological polar surface area (TPSA) is 38.3 Å². The zero-order valence-corrected chi connectivity index (χ0v) is 12.2. The lowest BCUT2D eigenvalue weighted by Crippen LogP contribution is -2.19. The van der Waals surface area contributed by atoms with E-state index in [1.165, 1.54) is 5.56 Å². The average Bonchev–Trinajstić information content (AvgIpc) is 2.34. The number of carbonyl (C=O) groups is 1. The maximum atomic E-state index is 10.8. The largest absolute Gasteiger partial charge is 0.491 e. The Balaban J connectivity index is 2.17. The molecule has 0 aromatic heterocycles. The Labute approximate surface area is 116 Å². The minimum absolute atomic E-state index is 0.216. The van der Waals surface area contributed by atoms with Crippen LogP contribution in [0.25, 0.3) is 0 Å². The normalized spacial score (nSPS) is 10.7. The molecule has 0 saturated heterocycles. The fourth-order valence-electron chi connectivity index (χ4n) is 1.83. The Bertz CT molecular complexity index is 371. The zero-order chi connectivity index (χ0) is 14.1. The van der Waals surface area contributed by atoms with Crippen molar-refractivity contribution in [1.29, 1.82) is 0 Å². The molecule has 0 atom stereocenters. The van der Waals surface area contributed by atoms with Gasteiger partial charge in [0.25, 0.3) is 0 Å². The highest BCUT2D eigenvalue weighted by Crippen LogP contribution is 2.13. The molecule has 0 amide bonds. The van der Waals surface area contributed by atoms with Gasteiger partial charge in [-0.2, -0.15) is 0 Å². The van der Waals surface area contributed by atoms with Crippen LogP contribution < -0.4 is 10.1 Å². The van der Waals surface area contributed by atoms with Crippen LogP contribution in [-0.4, -0.2) is 25.0 Å². The Morgan fingerprint density at radius 2 is 1.89 bits per heavy atom. The van der Waals surface area contributed by atoms with Gasteiger partial charge in [-0.3, -0.25) is 0 Å². The van der Waals surface area contributed by atoms with Gasteiger partial charge in [-0.25, -0.2) is 0 Å². The van der Waals surface area contributed by atoms with E-state index in [9.17, 15) is 4.79 Å². The van der Waals surface area contributed by atoms with Gasteiger partial charge in [0.05, 0.1) is 6.10 Å². The lowest BCUT2D eigenvalue weighted by atomic mass is 10.1. The summed E-state index contributed by atoms with van der Waals surface area (Å²) in [6, 6.07) is 8.25. The molecule has 1 rings (SSSR count). The first-order chi connectivity index (χ1) is 9.08. The molecular weight excluding hydrogens is 238 g/mol. The van der Waals surface area contributed by atoms with Crippen LogP contribution in [-0.2, 0) is 11.2 Å². The van der Waals surface area contributed by atoms with E-state index >= 15 is 0 Å². The van der Waals surface area contributed by atoms with Gasteiger partial charge in [0, 0.05) is 6.42 Å². The minimum atomic E-state index is 0.216. The standard InChI is InChI=1S/C16H25NO2/c1-13(2)19-16-8-6-15(7-9-16)10-12-17-11-4-5-14(3)18/h6-9,13,17H,4-5,10-12H2,1-3H3. The van der Waals surface area contributed by atoms with Crippen molar-refractivity contribution in [2.75, 3.05) is 13.1 Å². The second-order valence-electron chi connectivity index (χ2n) is 5.12. The number of benzene rings is 1. The van der Waals surface area contributed by atoms with E-state index in [2.05, 4.69) is 17.4 Å². The maximum absolute atomic E-state index is 10.8. The van der Waals surface area contributed by atoms with Gasteiger partial charge in [-0.05, 0) is 64.4 Å². The zero-order valence-electron chi connectivity index (χ0n) is 12.2. The SMILES string of the molecule is CC(=O)CCCNCCc1ccc(OC(C)C)cc1. The number of ketones is 1. The number of hydrogen-bond donors (Lipinski definition) is 1. The number of rotatable bonds is 9. The molecule has 0 unspecified atom stereocenters. The van der Waals surface area contributed by atoms with Gasteiger partial charge in [0.2, 0.25) is 0 Å². The van der Waals surface area contributed by atoms with Gasteiger partial charge in [-0.1, -0.05) is 12.1 Å². The molecule has 0 heterocycles. The lowest BCUT2D eigenvalue weighted by Gasteiger charge is -2.10. The summed E-state index contributed by atoms with van der Waals surface area (Å²) in [6.45, 7) is 7.55. The Hall–Kier alpha value is -1.35. The summed E-state index contributed by atoms with van der Waals surface area (Å²) in [6.07, 6.45) is 2.82. The van der Waals surface area contributed by atoms with Crippen molar-refractivity contribution < 1.29 is 9.53 Å². The highest BCUT2D eigenvalue weighted by molar-refractivity contribution is 5.75. The average molecular weight is 263 g/mol. The predicted octanol–water partition coefficient (Wildman–Crippen LogP) is 2.98. The maximum Gasteiger partial charge on any atom is 0.129 e. The summed E-state index contributed by atoms with van der Waals surface area (Å²) in [4.78, 5) is 10.8. The van der Waals surface area contributed by atoms with E-state index in [1.807, 2.05) is 26.0 Å². The second-order valence-corrected chi connectivity index (χ2v) is 5.12. The van der Waals surface area contributed by atoms with Crippen molar-refractivity contribution in [3.05, 3.63) is 29.8 Å². The molecule has 19 heavy (non-hydrogen) atoms. The Morgan fingerprint density at radius 1 is 1.21 bits per heavy atom. The molecule has 0 bridgehead atoms. The molecule has 1 aromatic rings. The van der Waals surface area contributed by atoms with E-state index in [4.69, 9.17) is 4.74 Å². The smallest absolute Gasteiger partial charge is 0.129 e. The molecule has 106 valence electrons. The van der Waals surface area contributed by atoms with E-state index in [0.29, 0.717) is 6.42 Å². The molecule has 1 N–H and O–H groups in total. The van der Waals surface area contributed by atoms with Gasteiger partial charge in [0.15, 0.2) is 0 Å². The van der Waals surface area contributed by atoms with Crippen molar-refractivity contribution in [3.8, 4) is 5.75 Å².